The van der Waals surface area contributed by atoms with Gasteiger partial charge in [-0.3, -0.25) is 9.89 Å². The van der Waals surface area contributed by atoms with Gasteiger partial charge in [0.05, 0.1) is 11.4 Å². The number of halogens is 1. The molecule has 3 aromatic heterocycles. The number of aryl methyl sites for hydroxylation is 1. The average Bonchev–Trinajstić information content (AvgIpc) is 3.36. The van der Waals surface area contributed by atoms with Crippen LogP contribution in [0.4, 0.5) is 4.39 Å². The first kappa shape index (κ1) is 23.7. The number of amides is 1. The monoisotopic (exact) mass is 519 g/mol. The molecule has 6 rings (SSSR count). The summed E-state index contributed by atoms with van der Waals surface area (Å²) in [4.78, 5) is 29.0. The van der Waals surface area contributed by atoms with E-state index < -0.39 is 5.54 Å². The summed E-state index contributed by atoms with van der Waals surface area (Å²) in [6, 6.07) is 10.00. The number of carbonyl (C=O) groups excluding carboxylic acids is 1. The first-order valence-corrected chi connectivity index (χ1v) is 12.9. The number of piperidine rings is 1. The Morgan fingerprint density at radius 1 is 1.19 bits per heavy atom. The maximum absolute atomic E-state index is 13.4. The number of aromatic nitrogens is 5. The quantitative estimate of drug-likeness (QED) is 0.397. The molecule has 1 amide bonds. The van der Waals surface area contributed by atoms with Crippen LogP contribution >= 0.6 is 11.3 Å². The van der Waals surface area contributed by atoms with Crippen LogP contribution in [0.5, 0.6) is 5.88 Å². The van der Waals surface area contributed by atoms with Crippen LogP contribution in [0.25, 0.3) is 22.1 Å². The minimum absolute atomic E-state index is 0.0129. The Morgan fingerprint density at radius 2 is 1.92 bits per heavy atom. The van der Waals surface area contributed by atoms with Gasteiger partial charge in [0.1, 0.15) is 23.1 Å². The van der Waals surface area contributed by atoms with Crippen molar-refractivity contribution in [2.24, 2.45) is 17.6 Å². The highest BCUT2D eigenvalue weighted by molar-refractivity contribution is 7.17. The summed E-state index contributed by atoms with van der Waals surface area (Å²) < 4.78 is 19.8. The fourth-order valence-corrected chi connectivity index (χ4v) is 5.79. The van der Waals surface area contributed by atoms with Gasteiger partial charge in [0, 0.05) is 42.1 Å². The number of likely N-dealkylation sites (tertiary alicyclic amines) is 1. The maximum atomic E-state index is 13.4. The Balaban J connectivity index is 1.16. The van der Waals surface area contributed by atoms with Gasteiger partial charge in [-0.25, -0.2) is 19.3 Å². The molecule has 1 aromatic carbocycles. The van der Waals surface area contributed by atoms with Crippen LogP contribution in [-0.2, 0) is 5.54 Å². The molecule has 9 nitrogen and oxygen atoms in total. The Bertz CT molecular complexity index is 1450. The van der Waals surface area contributed by atoms with Crippen LogP contribution < -0.4 is 10.5 Å². The van der Waals surface area contributed by atoms with Gasteiger partial charge in [-0.2, -0.15) is 5.10 Å². The molecule has 0 radical (unpaired) electrons. The van der Waals surface area contributed by atoms with Gasteiger partial charge in [0.2, 0.25) is 5.88 Å². The van der Waals surface area contributed by atoms with Crippen LogP contribution in [0.2, 0.25) is 0 Å². The third-order valence-corrected chi connectivity index (χ3v) is 8.11. The highest BCUT2D eigenvalue weighted by atomic mass is 32.1. The number of carbonyl (C=O) groups is 1. The smallest absolute Gasteiger partial charge is 0.265 e. The number of thiazole rings is 1. The minimum Gasteiger partial charge on any atom is -0.474 e. The van der Waals surface area contributed by atoms with Crippen molar-refractivity contribution >= 4 is 17.2 Å². The van der Waals surface area contributed by atoms with Crippen molar-refractivity contribution in [3.63, 3.8) is 0 Å². The molecule has 3 atom stereocenters. The average molecular weight is 520 g/mol. The third-order valence-electron chi connectivity index (χ3n) is 6.95. The normalized spacial score (nSPS) is 20.7. The largest absolute Gasteiger partial charge is 0.474 e. The molecule has 1 aliphatic carbocycles. The van der Waals surface area contributed by atoms with E-state index >= 15 is 0 Å². The van der Waals surface area contributed by atoms with Crippen LogP contribution in [0.1, 0.15) is 34.8 Å². The predicted octanol–water partition coefficient (Wildman–Crippen LogP) is 3.78. The molecule has 0 spiro atoms. The standard InChI is InChI=1S/C26H26FN7O2S/c1-13-22(37-24(31-13)23-29-12-30-33-23)25(35)34-10-17-18(11-34)21(17)36-20-9-15(26(2,3)28)8-19(32-20)14-4-6-16(27)7-5-14/h4-9,12,17-18,21H,10-11,28H2,1-3H3,(H,29,30,33)/t17-,18+,21?. The van der Waals surface area contributed by atoms with E-state index in [0.29, 0.717) is 46.1 Å². The molecule has 1 unspecified atom stereocenters. The number of hydrogen-bond donors (Lipinski definition) is 2. The van der Waals surface area contributed by atoms with Crippen LogP contribution in [-0.4, -0.2) is 55.1 Å². The highest BCUT2D eigenvalue weighted by Crippen LogP contribution is 2.48. The number of nitrogens with two attached hydrogens (primary N) is 1. The summed E-state index contributed by atoms with van der Waals surface area (Å²) in [5.41, 5.74) is 8.81. The molecular weight excluding hydrogens is 493 g/mol. The zero-order valence-electron chi connectivity index (χ0n) is 20.6. The van der Waals surface area contributed by atoms with Crippen LogP contribution in [0, 0.1) is 24.6 Å². The lowest BCUT2D eigenvalue weighted by Crippen LogP contribution is -2.33. The van der Waals surface area contributed by atoms with Gasteiger partial charge in [0.15, 0.2) is 10.8 Å². The van der Waals surface area contributed by atoms with E-state index in [0.717, 1.165) is 11.1 Å². The van der Waals surface area contributed by atoms with Gasteiger partial charge < -0.3 is 15.4 Å². The van der Waals surface area contributed by atoms with Crippen molar-refractivity contribution in [1.82, 2.24) is 30.0 Å². The molecule has 2 aliphatic rings. The molecule has 1 saturated carbocycles. The summed E-state index contributed by atoms with van der Waals surface area (Å²) in [6.45, 7) is 6.92. The van der Waals surface area contributed by atoms with Crippen molar-refractivity contribution in [3.05, 3.63) is 64.7 Å². The number of pyridine rings is 1. The Hall–Kier alpha value is -3.70. The maximum Gasteiger partial charge on any atom is 0.265 e. The van der Waals surface area contributed by atoms with E-state index in [2.05, 4.69) is 20.2 Å². The molecule has 4 aromatic rings. The van der Waals surface area contributed by atoms with E-state index in [4.69, 9.17) is 15.5 Å². The molecule has 2 fully saturated rings. The highest BCUT2D eigenvalue weighted by Gasteiger charge is 2.59. The summed E-state index contributed by atoms with van der Waals surface area (Å²) in [7, 11) is 0. The number of nitrogens with one attached hydrogen (secondary N) is 1. The first-order valence-electron chi connectivity index (χ1n) is 12.0. The molecule has 1 saturated heterocycles. The lowest BCUT2D eigenvalue weighted by atomic mass is 9.95. The van der Waals surface area contributed by atoms with Crippen LogP contribution in [0.15, 0.2) is 42.7 Å². The molecule has 3 N–H and O–H groups in total. The number of ether oxygens (including phenoxy) is 1. The third kappa shape index (κ3) is 4.49. The van der Waals surface area contributed by atoms with Crippen molar-refractivity contribution in [3.8, 4) is 28.0 Å². The van der Waals surface area contributed by atoms with Gasteiger partial charge in [-0.1, -0.05) is 0 Å². The molecule has 0 bridgehead atoms. The number of benzene rings is 1. The fraction of sp³-hybridized carbons (Fsp3) is 0.346. The van der Waals surface area contributed by atoms with Gasteiger partial charge in [-0.05, 0) is 56.7 Å². The molecule has 11 heteroatoms. The minimum atomic E-state index is -0.602. The van der Waals surface area contributed by atoms with Crippen molar-refractivity contribution in [2.45, 2.75) is 32.4 Å². The number of hydrogen-bond acceptors (Lipinski definition) is 8. The number of rotatable bonds is 6. The molecule has 37 heavy (non-hydrogen) atoms. The van der Waals surface area contributed by atoms with Crippen LogP contribution in [0.3, 0.4) is 0 Å². The van der Waals surface area contributed by atoms with Crippen molar-refractivity contribution < 1.29 is 13.9 Å². The second-order valence-corrected chi connectivity index (χ2v) is 11.2. The Labute approximate surface area is 216 Å². The second-order valence-electron chi connectivity index (χ2n) is 10.2. The zero-order chi connectivity index (χ0) is 25.9. The summed E-state index contributed by atoms with van der Waals surface area (Å²) >= 11 is 1.32. The SMILES string of the molecule is Cc1nc(-c2ncn[nH]2)sc1C(=O)N1C[C@@H]2C(Oc3cc(C(C)(C)N)cc(-c4ccc(F)cc4)n3)[C@@H]2C1. The Morgan fingerprint density at radius 3 is 2.57 bits per heavy atom. The number of nitrogens with zero attached hydrogens (tertiary/aromatic N) is 5. The lowest BCUT2D eigenvalue weighted by molar-refractivity contribution is 0.0755. The topological polar surface area (TPSA) is 123 Å². The van der Waals surface area contributed by atoms with E-state index in [1.54, 1.807) is 12.1 Å². The van der Waals surface area contributed by atoms with Gasteiger partial charge in [-0.15, -0.1) is 11.3 Å². The Kier molecular flexibility index (Phi) is 5.57. The summed E-state index contributed by atoms with van der Waals surface area (Å²) in [6.07, 6.45) is 1.41. The van der Waals surface area contributed by atoms with E-state index in [9.17, 15) is 9.18 Å². The first-order chi connectivity index (χ1) is 17.7. The lowest BCUT2D eigenvalue weighted by Gasteiger charge is -2.22. The van der Waals surface area contributed by atoms with E-state index in [1.807, 2.05) is 37.8 Å². The van der Waals surface area contributed by atoms with Crippen molar-refractivity contribution in [2.75, 3.05) is 13.1 Å². The fourth-order valence-electron chi connectivity index (χ4n) is 4.81. The second kappa shape index (κ2) is 8.70. The molecule has 190 valence electrons. The van der Waals surface area contributed by atoms with E-state index in [-0.39, 0.29) is 29.7 Å². The van der Waals surface area contributed by atoms with Gasteiger partial charge in [0.25, 0.3) is 5.91 Å². The molecule has 4 heterocycles. The summed E-state index contributed by atoms with van der Waals surface area (Å²) in [5.74, 6) is 1.22. The predicted molar refractivity (Wildman–Crippen MR) is 136 cm³/mol. The van der Waals surface area contributed by atoms with E-state index in [1.165, 1.54) is 29.8 Å². The number of fused-ring (bicyclic) bond motifs is 1. The zero-order valence-corrected chi connectivity index (χ0v) is 21.4. The summed E-state index contributed by atoms with van der Waals surface area (Å²) in [5, 5.41) is 7.30. The van der Waals surface area contributed by atoms with Crippen molar-refractivity contribution in [1.29, 1.82) is 0 Å². The van der Waals surface area contributed by atoms with Gasteiger partial charge >= 0.3 is 0 Å². The number of aromatic amines is 1. The molecule has 1 aliphatic heterocycles. The number of H-pyrrole nitrogens is 1. The molecular formula is C26H26FN7O2S.